The first-order chi connectivity index (χ1) is 12.0. The molecule has 3 rings (SSSR count). The van der Waals surface area contributed by atoms with Crippen molar-refractivity contribution >= 4 is 16.9 Å². The Bertz CT molecular complexity index is 820. The Hall–Kier alpha value is -2.18. The van der Waals surface area contributed by atoms with Gasteiger partial charge in [-0.25, -0.2) is 4.79 Å². The van der Waals surface area contributed by atoms with Gasteiger partial charge in [0.25, 0.3) is 0 Å². The predicted molar refractivity (Wildman–Crippen MR) is 93.5 cm³/mol. The minimum absolute atomic E-state index is 0.248. The van der Waals surface area contributed by atoms with E-state index in [1.165, 1.54) is 13.2 Å². The normalized spacial score (nSPS) is 16.7. The molecule has 0 unspecified atom stereocenters. The minimum atomic E-state index is -0.377. The quantitative estimate of drug-likeness (QED) is 0.662. The molecule has 6 nitrogen and oxygen atoms in total. The van der Waals surface area contributed by atoms with Crippen LogP contribution in [0, 0.1) is 6.92 Å². The van der Waals surface area contributed by atoms with E-state index < -0.39 is 0 Å². The third kappa shape index (κ3) is 4.08. The molecule has 1 aliphatic rings. The molecule has 0 radical (unpaired) electrons. The summed E-state index contributed by atoms with van der Waals surface area (Å²) < 4.78 is 15.6. The summed E-state index contributed by atoms with van der Waals surface area (Å²) in [5.41, 5.74) is 1.73. The zero-order chi connectivity index (χ0) is 17.9. The van der Waals surface area contributed by atoms with Crippen LogP contribution in [0.25, 0.3) is 11.0 Å². The van der Waals surface area contributed by atoms with E-state index in [-0.39, 0.29) is 23.6 Å². The second-order valence-corrected chi connectivity index (χ2v) is 6.59. The second kappa shape index (κ2) is 7.37. The van der Waals surface area contributed by atoms with Crippen LogP contribution in [-0.4, -0.2) is 31.8 Å². The van der Waals surface area contributed by atoms with Gasteiger partial charge in [0.05, 0.1) is 13.5 Å². The minimum Gasteiger partial charge on any atom is -0.469 e. The summed E-state index contributed by atoms with van der Waals surface area (Å²) in [4.78, 5) is 23.7. The molecule has 6 heteroatoms. The summed E-state index contributed by atoms with van der Waals surface area (Å²) in [6.45, 7) is 3.63. The molecule has 1 aromatic carbocycles. The van der Waals surface area contributed by atoms with Crippen LogP contribution >= 0.6 is 0 Å². The SMILES string of the molecule is COC(=O)CC1(NCc2cc(=O)oc3cc(C)ccc23)CCOCC1. The van der Waals surface area contributed by atoms with Crippen LogP contribution in [-0.2, 0) is 20.8 Å². The first kappa shape index (κ1) is 17.6. The fourth-order valence-corrected chi connectivity index (χ4v) is 3.29. The Labute approximate surface area is 146 Å². The van der Waals surface area contributed by atoms with Crippen LogP contribution in [0.4, 0.5) is 0 Å². The Morgan fingerprint density at radius 1 is 1.28 bits per heavy atom. The summed E-state index contributed by atoms with van der Waals surface area (Å²) in [5, 5.41) is 4.39. The van der Waals surface area contributed by atoms with Gasteiger partial charge in [-0.15, -0.1) is 0 Å². The summed E-state index contributed by atoms with van der Waals surface area (Å²) in [6.07, 6.45) is 1.73. The Morgan fingerprint density at radius 2 is 2.04 bits per heavy atom. The number of aryl methyl sites for hydroxylation is 1. The molecule has 0 amide bonds. The van der Waals surface area contributed by atoms with Crippen molar-refractivity contribution in [3.63, 3.8) is 0 Å². The highest BCUT2D eigenvalue weighted by atomic mass is 16.5. The molecule has 0 spiro atoms. The number of rotatable bonds is 5. The Balaban J connectivity index is 1.86. The Kier molecular flexibility index (Phi) is 5.20. The smallest absolute Gasteiger partial charge is 0.336 e. The van der Waals surface area contributed by atoms with E-state index in [4.69, 9.17) is 13.9 Å². The van der Waals surface area contributed by atoms with Gasteiger partial charge in [-0.1, -0.05) is 12.1 Å². The zero-order valence-corrected chi connectivity index (χ0v) is 14.6. The summed E-state index contributed by atoms with van der Waals surface area (Å²) in [5.74, 6) is -0.248. The number of methoxy groups -OCH3 is 1. The summed E-state index contributed by atoms with van der Waals surface area (Å²) in [7, 11) is 1.40. The number of carbonyl (C=O) groups excluding carboxylic acids is 1. The summed E-state index contributed by atoms with van der Waals surface area (Å²) >= 11 is 0. The monoisotopic (exact) mass is 345 g/mol. The van der Waals surface area contributed by atoms with Gasteiger partial charge in [0, 0.05) is 36.8 Å². The van der Waals surface area contributed by atoms with Gasteiger partial charge in [0.2, 0.25) is 0 Å². The van der Waals surface area contributed by atoms with Gasteiger partial charge in [-0.3, -0.25) is 4.79 Å². The molecule has 0 bridgehead atoms. The lowest BCUT2D eigenvalue weighted by Crippen LogP contribution is -2.50. The van der Waals surface area contributed by atoms with Gasteiger partial charge in [-0.2, -0.15) is 0 Å². The van der Waals surface area contributed by atoms with E-state index in [0.717, 1.165) is 29.4 Å². The number of carbonyl (C=O) groups is 1. The number of esters is 1. The van der Waals surface area contributed by atoms with Crippen LogP contribution in [0.1, 0.15) is 30.4 Å². The number of benzene rings is 1. The number of hydrogen-bond donors (Lipinski definition) is 1. The third-order valence-electron chi connectivity index (χ3n) is 4.80. The summed E-state index contributed by atoms with van der Waals surface area (Å²) in [6, 6.07) is 7.32. The van der Waals surface area contributed by atoms with E-state index in [2.05, 4.69) is 5.32 Å². The van der Waals surface area contributed by atoms with Crippen LogP contribution in [0.5, 0.6) is 0 Å². The number of fused-ring (bicyclic) bond motifs is 1. The lowest BCUT2D eigenvalue weighted by Gasteiger charge is -2.37. The Morgan fingerprint density at radius 3 is 2.76 bits per heavy atom. The molecule has 2 aromatic rings. The number of nitrogens with one attached hydrogen (secondary N) is 1. The molecule has 1 aliphatic heterocycles. The van der Waals surface area contributed by atoms with Crippen LogP contribution in [0.15, 0.2) is 33.5 Å². The molecule has 0 saturated carbocycles. The van der Waals surface area contributed by atoms with Gasteiger partial charge in [0.1, 0.15) is 5.58 Å². The molecule has 1 N–H and O–H groups in total. The van der Waals surface area contributed by atoms with Crippen LogP contribution in [0.2, 0.25) is 0 Å². The highest BCUT2D eigenvalue weighted by Crippen LogP contribution is 2.27. The van der Waals surface area contributed by atoms with E-state index >= 15 is 0 Å². The van der Waals surface area contributed by atoms with E-state index in [9.17, 15) is 9.59 Å². The van der Waals surface area contributed by atoms with Crippen LogP contribution in [0.3, 0.4) is 0 Å². The molecule has 2 heterocycles. The lowest BCUT2D eigenvalue weighted by molar-refractivity contribution is -0.143. The predicted octanol–water partition coefficient (Wildman–Crippen LogP) is 2.30. The highest BCUT2D eigenvalue weighted by Gasteiger charge is 2.35. The zero-order valence-electron chi connectivity index (χ0n) is 14.6. The maximum absolute atomic E-state index is 11.9. The molecular weight excluding hydrogens is 322 g/mol. The molecular formula is C19H23NO5. The molecule has 1 saturated heterocycles. The molecule has 134 valence electrons. The standard InChI is InChI=1S/C19H23NO5/c1-13-3-4-15-14(10-17(21)25-16(15)9-13)12-20-19(11-18(22)23-2)5-7-24-8-6-19/h3-4,9-10,20H,5-8,11-12H2,1-2H3. The molecule has 25 heavy (non-hydrogen) atoms. The van der Waals surface area contributed by atoms with Crippen molar-refractivity contribution in [2.75, 3.05) is 20.3 Å². The van der Waals surface area contributed by atoms with Crippen LogP contribution < -0.4 is 10.9 Å². The first-order valence-electron chi connectivity index (χ1n) is 8.44. The largest absolute Gasteiger partial charge is 0.469 e. The fourth-order valence-electron chi connectivity index (χ4n) is 3.29. The molecule has 0 atom stereocenters. The van der Waals surface area contributed by atoms with Crippen molar-refractivity contribution in [3.05, 3.63) is 45.8 Å². The second-order valence-electron chi connectivity index (χ2n) is 6.59. The average Bonchev–Trinajstić information content (AvgIpc) is 2.60. The van der Waals surface area contributed by atoms with Crippen molar-refractivity contribution < 1.29 is 18.7 Å². The van der Waals surface area contributed by atoms with Crippen molar-refractivity contribution in [1.29, 1.82) is 0 Å². The highest BCUT2D eigenvalue weighted by molar-refractivity contribution is 5.80. The lowest BCUT2D eigenvalue weighted by atomic mass is 9.86. The molecule has 1 aromatic heterocycles. The van der Waals surface area contributed by atoms with Gasteiger partial charge in [0.15, 0.2) is 0 Å². The van der Waals surface area contributed by atoms with Crippen molar-refractivity contribution in [1.82, 2.24) is 5.32 Å². The maximum atomic E-state index is 11.9. The van der Waals surface area contributed by atoms with Crippen molar-refractivity contribution in [3.8, 4) is 0 Å². The average molecular weight is 345 g/mol. The topological polar surface area (TPSA) is 77.8 Å². The first-order valence-corrected chi connectivity index (χ1v) is 8.44. The van der Waals surface area contributed by atoms with Gasteiger partial charge < -0.3 is 19.2 Å². The number of ether oxygens (including phenoxy) is 2. The third-order valence-corrected chi connectivity index (χ3v) is 4.80. The van der Waals surface area contributed by atoms with Crippen molar-refractivity contribution in [2.24, 2.45) is 0 Å². The maximum Gasteiger partial charge on any atom is 0.336 e. The number of hydrogen-bond acceptors (Lipinski definition) is 6. The van der Waals surface area contributed by atoms with E-state index in [0.29, 0.717) is 25.3 Å². The van der Waals surface area contributed by atoms with Crippen molar-refractivity contribution in [2.45, 2.75) is 38.3 Å². The molecule has 1 fully saturated rings. The molecule has 0 aliphatic carbocycles. The van der Waals surface area contributed by atoms with E-state index in [1.54, 1.807) is 0 Å². The van der Waals surface area contributed by atoms with Gasteiger partial charge in [-0.05, 0) is 37.0 Å². The van der Waals surface area contributed by atoms with Gasteiger partial charge >= 0.3 is 11.6 Å². The fraction of sp³-hybridized carbons (Fsp3) is 0.474. The van der Waals surface area contributed by atoms with E-state index in [1.807, 2.05) is 25.1 Å².